The van der Waals surface area contributed by atoms with Crippen molar-refractivity contribution in [1.82, 2.24) is 0 Å². The molecule has 0 bridgehead atoms. The van der Waals surface area contributed by atoms with E-state index >= 15 is 0 Å². The minimum Gasteiger partial charge on any atom is -1.00 e. The highest BCUT2D eigenvalue weighted by Gasteiger charge is 2.45. The van der Waals surface area contributed by atoms with Crippen molar-refractivity contribution in [3.63, 3.8) is 0 Å². The Morgan fingerprint density at radius 3 is 1.30 bits per heavy atom. The zero-order valence-corrected chi connectivity index (χ0v) is 19.4. The van der Waals surface area contributed by atoms with Crippen molar-refractivity contribution >= 4 is 29.0 Å². The standard InChI is InChI=1S/C27H24OP.BrH/c1-22(28)24-19-17-23(18-20-24)21-29(25-11-5-2-6-12-25,26-13-7-3-8-14-26)27-15-9-4-10-16-27;/h2-20H,21H2,1H3;1H/q+1;/p-1. The molecule has 0 aliphatic heterocycles. The molecule has 0 spiro atoms. The van der Waals surface area contributed by atoms with Crippen molar-refractivity contribution in [3.8, 4) is 0 Å². The van der Waals surface area contributed by atoms with Crippen LogP contribution in [0.3, 0.4) is 0 Å². The van der Waals surface area contributed by atoms with Gasteiger partial charge in [0, 0.05) is 5.56 Å². The fourth-order valence-corrected chi connectivity index (χ4v) is 8.13. The number of benzene rings is 4. The summed E-state index contributed by atoms with van der Waals surface area (Å²) in [4.78, 5) is 11.7. The molecule has 3 heteroatoms. The van der Waals surface area contributed by atoms with Gasteiger partial charge in [0.05, 0.1) is 6.16 Å². The van der Waals surface area contributed by atoms with Crippen LogP contribution in [0.1, 0.15) is 22.8 Å². The van der Waals surface area contributed by atoms with Crippen molar-refractivity contribution in [2.75, 3.05) is 0 Å². The SMILES string of the molecule is CC(=O)c1ccc(C[P+](c2ccccc2)(c2ccccc2)c2ccccc2)cc1.[Br-]. The molecule has 0 unspecified atom stereocenters. The van der Waals surface area contributed by atoms with E-state index in [0.29, 0.717) is 0 Å². The molecule has 0 amide bonds. The lowest BCUT2D eigenvalue weighted by atomic mass is 10.1. The van der Waals surface area contributed by atoms with Gasteiger partial charge >= 0.3 is 0 Å². The summed E-state index contributed by atoms with van der Waals surface area (Å²) in [6.45, 7) is 1.62. The Morgan fingerprint density at radius 1 is 0.600 bits per heavy atom. The van der Waals surface area contributed by atoms with Gasteiger partial charge in [0.1, 0.15) is 23.2 Å². The quantitative estimate of drug-likeness (QED) is 0.309. The number of ketones is 1. The lowest BCUT2D eigenvalue weighted by molar-refractivity contribution is -0.0000137. The van der Waals surface area contributed by atoms with Gasteiger partial charge < -0.3 is 17.0 Å². The minimum absolute atomic E-state index is 0. The van der Waals surface area contributed by atoms with Gasteiger partial charge in [0.15, 0.2) is 5.78 Å². The molecule has 4 rings (SSSR count). The van der Waals surface area contributed by atoms with Crippen LogP contribution < -0.4 is 32.9 Å². The number of halogens is 1. The maximum Gasteiger partial charge on any atom is 0.159 e. The summed E-state index contributed by atoms with van der Waals surface area (Å²) in [5, 5.41) is 4.11. The fraction of sp³-hybridized carbons (Fsp3) is 0.0741. The van der Waals surface area contributed by atoms with Gasteiger partial charge in [0.2, 0.25) is 0 Å². The molecule has 0 saturated heterocycles. The lowest BCUT2D eigenvalue weighted by Crippen LogP contribution is -3.00. The monoisotopic (exact) mass is 474 g/mol. The van der Waals surface area contributed by atoms with E-state index in [1.54, 1.807) is 6.92 Å². The van der Waals surface area contributed by atoms with E-state index in [1.165, 1.54) is 21.5 Å². The Balaban J connectivity index is 0.00000256. The normalized spacial score (nSPS) is 10.8. The molecule has 0 aromatic heterocycles. The summed E-state index contributed by atoms with van der Waals surface area (Å²) < 4.78 is 0. The second kappa shape index (κ2) is 9.98. The highest BCUT2D eigenvalue weighted by atomic mass is 79.9. The largest absolute Gasteiger partial charge is 1.00 e. The second-order valence-electron chi connectivity index (χ2n) is 7.23. The number of Topliss-reactive ketones (excluding diaryl/α,β-unsaturated/α-hetero) is 1. The zero-order chi connectivity index (χ0) is 20.1. The smallest absolute Gasteiger partial charge is 0.159 e. The van der Waals surface area contributed by atoms with Crippen molar-refractivity contribution in [3.05, 3.63) is 126 Å². The summed E-state index contributed by atoms with van der Waals surface area (Å²) in [6.07, 6.45) is 0.920. The van der Waals surface area contributed by atoms with Gasteiger partial charge in [-0.05, 0) is 48.9 Å². The maximum atomic E-state index is 11.7. The van der Waals surface area contributed by atoms with Crippen LogP contribution in [0.5, 0.6) is 0 Å². The predicted octanol–water partition coefficient (Wildman–Crippen LogP) is 2.39. The number of carbonyl (C=O) groups is 1. The van der Waals surface area contributed by atoms with Gasteiger partial charge in [-0.15, -0.1) is 0 Å². The number of carbonyl (C=O) groups excluding carboxylic acids is 1. The van der Waals surface area contributed by atoms with Gasteiger partial charge in [-0.25, -0.2) is 0 Å². The average molecular weight is 475 g/mol. The molecule has 1 nitrogen and oxygen atoms in total. The third-order valence-electron chi connectivity index (χ3n) is 5.37. The van der Waals surface area contributed by atoms with Crippen LogP contribution >= 0.6 is 7.26 Å². The first-order valence-electron chi connectivity index (χ1n) is 9.85. The van der Waals surface area contributed by atoms with E-state index in [2.05, 4.69) is 103 Å². The average Bonchev–Trinajstić information content (AvgIpc) is 2.79. The number of hydrogen-bond acceptors (Lipinski definition) is 1. The van der Waals surface area contributed by atoms with Crippen LogP contribution in [0, 0.1) is 0 Å². The molecular weight excluding hydrogens is 451 g/mol. The fourth-order valence-electron chi connectivity index (χ4n) is 3.89. The molecule has 30 heavy (non-hydrogen) atoms. The summed E-state index contributed by atoms with van der Waals surface area (Å²) in [5.41, 5.74) is 2.01. The Bertz CT molecular complexity index is 981. The first-order valence-corrected chi connectivity index (χ1v) is 11.8. The molecule has 0 aliphatic rings. The van der Waals surface area contributed by atoms with Gasteiger partial charge in [-0.1, -0.05) is 78.9 Å². The first-order chi connectivity index (χ1) is 14.2. The predicted molar refractivity (Wildman–Crippen MR) is 125 cm³/mol. The van der Waals surface area contributed by atoms with E-state index in [0.717, 1.165) is 11.7 Å². The van der Waals surface area contributed by atoms with Gasteiger partial charge in [-0.2, -0.15) is 0 Å². The first kappa shape index (κ1) is 22.2. The number of rotatable bonds is 6. The van der Waals surface area contributed by atoms with E-state index in [-0.39, 0.29) is 22.8 Å². The highest BCUT2D eigenvalue weighted by molar-refractivity contribution is 7.95. The number of hydrogen-bond donors (Lipinski definition) is 0. The van der Waals surface area contributed by atoms with Crippen molar-refractivity contribution in [2.45, 2.75) is 13.1 Å². The topological polar surface area (TPSA) is 17.1 Å². The van der Waals surface area contributed by atoms with E-state index in [1.807, 2.05) is 12.1 Å². The third kappa shape index (κ3) is 4.46. The van der Waals surface area contributed by atoms with Crippen LogP contribution in [0.25, 0.3) is 0 Å². The molecule has 0 saturated carbocycles. The van der Waals surface area contributed by atoms with Crippen LogP contribution in [0.15, 0.2) is 115 Å². The van der Waals surface area contributed by atoms with Crippen molar-refractivity contribution in [1.29, 1.82) is 0 Å². The van der Waals surface area contributed by atoms with Crippen molar-refractivity contribution in [2.24, 2.45) is 0 Å². The van der Waals surface area contributed by atoms with Crippen LogP contribution in [-0.4, -0.2) is 5.78 Å². The maximum absolute atomic E-state index is 11.7. The highest BCUT2D eigenvalue weighted by Crippen LogP contribution is 2.58. The summed E-state index contributed by atoms with van der Waals surface area (Å²) in [7, 11) is -1.90. The molecule has 0 radical (unpaired) electrons. The third-order valence-corrected chi connectivity index (χ3v) is 9.75. The molecule has 0 aliphatic carbocycles. The van der Waals surface area contributed by atoms with Crippen LogP contribution in [0.4, 0.5) is 0 Å². The Kier molecular flexibility index (Phi) is 7.37. The Labute approximate surface area is 189 Å². The second-order valence-corrected chi connectivity index (χ2v) is 10.7. The van der Waals surface area contributed by atoms with E-state index in [9.17, 15) is 4.79 Å². The lowest BCUT2D eigenvalue weighted by Gasteiger charge is -2.27. The molecule has 0 fully saturated rings. The molecule has 4 aromatic carbocycles. The molecule has 0 heterocycles. The molecular formula is C27H24BrOP. The van der Waals surface area contributed by atoms with Crippen LogP contribution in [-0.2, 0) is 6.16 Å². The molecule has 150 valence electrons. The summed E-state index contributed by atoms with van der Waals surface area (Å²) >= 11 is 0. The van der Waals surface area contributed by atoms with E-state index in [4.69, 9.17) is 0 Å². The Morgan fingerprint density at radius 2 is 0.967 bits per heavy atom. The summed E-state index contributed by atoms with van der Waals surface area (Å²) in [5.74, 6) is 0.104. The van der Waals surface area contributed by atoms with E-state index < -0.39 is 7.26 Å². The molecule has 4 aromatic rings. The molecule has 0 atom stereocenters. The van der Waals surface area contributed by atoms with Crippen molar-refractivity contribution < 1.29 is 21.8 Å². The Hall–Kier alpha value is -2.54. The van der Waals surface area contributed by atoms with Crippen LogP contribution in [0.2, 0.25) is 0 Å². The minimum atomic E-state index is -1.90. The molecule has 0 N–H and O–H groups in total. The van der Waals surface area contributed by atoms with Gasteiger partial charge in [0.25, 0.3) is 0 Å². The summed E-state index contributed by atoms with van der Waals surface area (Å²) in [6, 6.07) is 40.7. The zero-order valence-electron chi connectivity index (χ0n) is 16.9. The van der Waals surface area contributed by atoms with Gasteiger partial charge in [-0.3, -0.25) is 4.79 Å².